The van der Waals surface area contributed by atoms with Crippen molar-refractivity contribution in [1.82, 2.24) is 10.3 Å². The molecular formula is C12H16N2O. The lowest BCUT2D eigenvalue weighted by Gasteiger charge is -2.07. The highest BCUT2D eigenvalue weighted by atomic mass is 16.2. The fraction of sp³-hybridized carbons (Fsp3) is 0.500. The molecule has 0 aromatic carbocycles. The van der Waals surface area contributed by atoms with E-state index in [1.54, 1.807) is 6.20 Å². The van der Waals surface area contributed by atoms with Gasteiger partial charge in [-0.05, 0) is 30.9 Å². The zero-order chi connectivity index (χ0) is 10.7. The van der Waals surface area contributed by atoms with Gasteiger partial charge in [0.25, 0.3) is 0 Å². The largest absolute Gasteiger partial charge is 0.350 e. The molecule has 1 amide bonds. The first kappa shape index (κ1) is 10.1. The topological polar surface area (TPSA) is 42.0 Å². The van der Waals surface area contributed by atoms with E-state index in [1.165, 1.54) is 5.56 Å². The standard InChI is InChI=1S/C12H16N2O/c1-2-9-4-3-7-13-11(9)8-14-12(15)10-5-6-10/h3-4,7,10H,2,5-6,8H2,1H3,(H,14,15). The molecule has 3 heteroatoms. The molecule has 0 radical (unpaired) electrons. The van der Waals surface area contributed by atoms with Gasteiger partial charge < -0.3 is 5.32 Å². The van der Waals surface area contributed by atoms with Crippen LogP contribution in [0.2, 0.25) is 0 Å². The highest BCUT2D eigenvalue weighted by Gasteiger charge is 2.29. The van der Waals surface area contributed by atoms with Crippen molar-refractivity contribution in [3.63, 3.8) is 0 Å². The van der Waals surface area contributed by atoms with Crippen molar-refractivity contribution >= 4 is 5.91 Å². The summed E-state index contributed by atoms with van der Waals surface area (Å²) in [5.74, 6) is 0.460. The average Bonchev–Trinajstić information content (AvgIpc) is 3.10. The summed E-state index contributed by atoms with van der Waals surface area (Å²) in [4.78, 5) is 15.7. The Balaban J connectivity index is 1.94. The van der Waals surface area contributed by atoms with Crippen molar-refractivity contribution in [2.45, 2.75) is 32.7 Å². The number of aromatic nitrogens is 1. The molecule has 1 N–H and O–H groups in total. The van der Waals surface area contributed by atoms with Crippen LogP contribution in [-0.2, 0) is 17.8 Å². The number of nitrogens with one attached hydrogen (secondary N) is 1. The van der Waals surface area contributed by atoms with Crippen LogP contribution >= 0.6 is 0 Å². The molecule has 0 bridgehead atoms. The molecular weight excluding hydrogens is 188 g/mol. The third kappa shape index (κ3) is 2.55. The fourth-order valence-corrected chi connectivity index (χ4v) is 1.61. The van der Waals surface area contributed by atoms with Gasteiger partial charge in [0.05, 0.1) is 12.2 Å². The number of carbonyl (C=O) groups is 1. The van der Waals surface area contributed by atoms with Crippen LogP contribution in [0, 0.1) is 5.92 Å². The minimum absolute atomic E-state index is 0.183. The van der Waals surface area contributed by atoms with Crippen LogP contribution in [0.25, 0.3) is 0 Å². The van der Waals surface area contributed by atoms with E-state index in [9.17, 15) is 4.79 Å². The maximum atomic E-state index is 11.4. The maximum Gasteiger partial charge on any atom is 0.223 e. The predicted octanol–water partition coefficient (Wildman–Crippen LogP) is 1.67. The van der Waals surface area contributed by atoms with Gasteiger partial charge in [0.2, 0.25) is 5.91 Å². The van der Waals surface area contributed by atoms with Crippen molar-refractivity contribution in [3.05, 3.63) is 29.6 Å². The van der Waals surface area contributed by atoms with E-state index < -0.39 is 0 Å². The number of aryl methyl sites for hydroxylation is 1. The number of nitrogens with zero attached hydrogens (tertiary/aromatic N) is 1. The molecule has 1 heterocycles. The second-order valence-corrected chi connectivity index (χ2v) is 3.95. The average molecular weight is 204 g/mol. The van der Waals surface area contributed by atoms with Gasteiger partial charge in [0, 0.05) is 12.1 Å². The number of amides is 1. The highest BCUT2D eigenvalue weighted by Crippen LogP contribution is 2.28. The van der Waals surface area contributed by atoms with Crippen molar-refractivity contribution in [2.75, 3.05) is 0 Å². The maximum absolute atomic E-state index is 11.4. The van der Waals surface area contributed by atoms with E-state index in [1.807, 2.05) is 6.07 Å². The molecule has 1 aliphatic carbocycles. The summed E-state index contributed by atoms with van der Waals surface area (Å²) in [6.45, 7) is 2.67. The molecule has 2 rings (SSSR count). The first-order valence-corrected chi connectivity index (χ1v) is 5.51. The number of hydrogen-bond donors (Lipinski definition) is 1. The first-order chi connectivity index (χ1) is 7.31. The number of pyridine rings is 1. The molecule has 0 saturated heterocycles. The lowest BCUT2D eigenvalue weighted by atomic mass is 10.1. The van der Waals surface area contributed by atoms with Crippen LogP contribution in [0.15, 0.2) is 18.3 Å². The SMILES string of the molecule is CCc1cccnc1CNC(=O)C1CC1. The quantitative estimate of drug-likeness (QED) is 0.810. The van der Waals surface area contributed by atoms with Gasteiger partial charge in [0.15, 0.2) is 0 Å². The van der Waals surface area contributed by atoms with E-state index in [0.29, 0.717) is 6.54 Å². The highest BCUT2D eigenvalue weighted by molar-refractivity contribution is 5.80. The minimum Gasteiger partial charge on any atom is -0.350 e. The first-order valence-electron chi connectivity index (χ1n) is 5.51. The van der Waals surface area contributed by atoms with Crippen LogP contribution in [0.5, 0.6) is 0 Å². The molecule has 15 heavy (non-hydrogen) atoms. The lowest BCUT2D eigenvalue weighted by molar-refractivity contribution is -0.122. The number of carbonyl (C=O) groups excluding carboxylic acids is 1. The van der Waals surface area contributed by atoms with E-state index in [-0.39, 0.29) is 11.8 Å². The van der Waals surface area contributed by atoms with Gasteiger partial charge in [-0.15, -0.1) is 0 Å². The summed E-state index contributed by atoms with van der Waals surface area (Å²) in [5, 5.41) is 2.93. The molecule has 0 aliphatic heterocycles. The van der Waals surface area contributed by atoms with E-state index in [2.05, 4.69) is 23.3 Å². The second kappa shape index (κ2) is 4.43. The monoisotopic (exact) mass is 204 g/mol. The van der Waals surface area contributed by atoms with Crippen molar-refractivity contribution in [1.29, 1.82) is 0 Å². The Morgan fingerprint density at radius 2 is 2.40 bits per heavy atom. The normalized spacial score (nSPS) is 15.0. The molecule has 1 saturated carbocycles. The fourth-order valence-electron chi connectivity index (χ4n) is 1.61. The minimum atomic E-state index is 0.183. The molecule has 0 unspecified atom stereocenters. The molecule has 1 aliphatic rings. The van der Waals surface area contributed by atoms with Crippen molar-refractivity contribution < 1.29 is 4.79 Å². The number of rotatable bonds is 4. The van der Waals surface area contributed by atoms with Gasteiger partial charge in [-0.25, -0.2) is 0 Å². The third-order valence-electron chi connectivity index (χ3n) is 2.74. The molecule has 1 aromatic rings. The van der Waals surface area contributed by atoms with Crippen molar-refractivity contribution in [2.24, 2.45) is 5.92 Å². The second-order valence-electron chi connectivity index (χ2n) is 3.95. The Kier molecular flexibility index (Phi) is 2.99. The van der Waals surface area contributed by atoms with E-state index >= 15 is 0 Å². The van der Waals surface area contributed by atoms with Crippen LogP contribution in [0.3, 0.4) is 0 Å². The van der Waals surface area contributed by atoms with Gasteiger partial charge in [-0.3, -0.25) is 9.78 Å². The summed E-state index contributed by atoms with van der Waals surface area (Å²) >= 11 is 0. The summed E-state index contributed by atoms with van der Waals surface area (Å²) in [7, 11) is 0. The van der Waals surface area contributed by atoms with Gasteiger partial charge in [0.1, 0.15) is 0 Å². The summed E-state index contributed by atoms with van der Waals surface area (Å²) < 4.78 is 0. The smallest absolute Gasteiger partial charge is 0.223 e. The molecule has 1 fully saturated rings. The Hall–Kier alpha value is -1.38. The third-order valence-corrected chi connectivity index (χ3v) is 2.74. The van der Waals surface area contributed by atoms with Crippen LogP contribution in [0.1, 0.15) is 31.0 Å². The van der Waals surface area contributed by atoms with E-state index in [0.717, 1.165) is 25.0 Å². The molecule has 0 atom stereocenters. The molecule has 80 valence electrons. The Morgan fingerprint density at radius 1 is 1.60 bits per heavy atom. The zero-order valence-electron chi connectivity index (χ0n) is 8.99. The Labute approximate surface area is 89.9 Å². The Morgan fingerprint density at radius 3 is 3.07 bits per heavy atom. The number of hydrogen-bond acceptors (Lipinski definition) is 2. The lowest BCUT2D eigenvalue weighted by Crippen LogP contribution is -2.25. The van der Waals surface area contributed by atoms with Gasteiger partial charge >= 0.3 is 0 Å². The van der Waals surface area contributed by atoms with Crippen LogP contribution < -0.4 is 5.32 Å². The summed E-state index contributed by atoms with van der Waals surface area (Å²) in [5.41, 5.74) is 2.21. The zero-order valence-corrected chi connectivity index (χ0v) is 8.99. The molecule has 1 aromatic heterocycles. The van der Waals surface area contributed by atoms with Gasteiger partial charge in [-0.2, -0.15) is 0 Å². The van der Waals surface area contributed by atoms with Crippen LogP contribution in [0.4, 0.5) is 0 Å². The van der Waals surface area contributed by atoms with Crippen LogP contribution in [-0.4, -0.2) is 10.9 Å². The van der Waals surface area contributed by atoms with Crippen molar-refractivity contribution in [3.8, 4) is 0 Å². The Bertz CT molecular complexity index is 358. The summed E-state index contributed by atoms with van der Waals surface area (Å²) in [6, 6.07) is 4.00. The summed E-state index contributed by atoms with van der Waals surface area (Å²) in [6.07, 6.45) is 4.84. The van der Waals surface area contributed by atoms with Gasteiger partial charge in [-0.1, -0.05) is 13.0 Å². The predicted molar refractivity (Wildman–Crippen MR) is 58.2 cm³/mol. The molecule has 3 nitrogen and oxygen atoms in total. The van der Waals surface area contributed by atoms with E-state index in [4.69, 9.17) is 0 Å². The molecule has 0 spiro atoms.